The summed E-state index contributed by atoms with van der Waals surface area (Å²) in [6.07, 6.45) is 2.13. The van der Waals surface area contributed by atoms with Crippen LogP contribution in [0.4, 0.5) is 0 Å². The first kappa shape index (κ1) is 23.1. The Kier molecular flexibility index (Phi) is 6.04. The Bertz CT molecular complexity index is 1280. The molecule has 0 spiro atoms. The van der Waals surface area contributed by atoms with Gasteiger partial charge in [0.2, 0.25) is 11.8 Å². The molecule has 1 unspecified atom stereocenters. The second-order valence-electron chi connectivity index (χ2n) is 9.64. The van der Waals surface area contributed by atoms with Gasteiger partial charge in [-0.2, -0.15) is 10.2 Å². The molecule has 3 amide bonds. The predicted octanol–water partition coefficient (Wildman–Crippen LogP) is 2.62. The van der Waals surface area contributed by atoms with E-state index in [1.165, 1.54) is 0 Å². The third-order valence-electron chi connectivity index (χ3n) is 6.89. The van der Waals surface area contributed by atoms with Crippen LogP contribution in [0.15, 0.2) is 24.3 Å². The number of likely N-dealkylation sites (tertiary alicyclic amines) is 1. The van der Waals surface area contributed by atoms with Crippen LogP contribution in [0.2, 0.25) is 0 Å². The molecule has 2 aliphatic heterocycles. The minimum absolute atomic E-state index is 0.0380. The fraction of sp³-hybridized carbons (Fsp3) is 0.480. The van der Waals surface area contributed by atoms with Crippen LogP contribution in [0, 0.1) is 0 Å². The molecule has 2 aromatic heterocycles. The third-order valence-corrected chi connectivity index (χ3v) is 6.89. The molecule has 184 valence electrons. The average molecular weight is 479 g/mol. The zero-order valence-electron chi connectivity index (χ0n) is 20.2. The number of piperidine rings is 2. The van der Waals surface area contributed by atoms with Gasteiger partial charge in [0.05, 0.1) is 11.6 Å². The van der Waals surface area contributed by atoms with E-state index in [0.29, 0.717) is 55.9 Å². The number of rotatable bonds is 5. The first-order chi connectivity index (χ1) is 16.8. The second kappa shape index (κ2) is 9.16. The van der Waals surface area contributed by atoms with Gasteiger partial charge < -0.3 is 9.64 Å². The van der Waals surface area contributed by atoms with Crippen LogP contribution in [0.3, 0.4) is 0 Å². The minimum atomic E-state index is -0.459. The summed E-state index contributed by atoms with van der Waals surface area (Å²) < 4.78 is 8.13. The highest BCUT2D eigenvalue weighted by Gasteiger charge is 2.32. The number of carbonyl (C=O) groups is 3. The molecule has 0 radical (unpaired) electrons. The number of hydrogen-bond acceptors (Lipinski definition) is 6. The van der Waals surface area contributed by atoms with E-state index in [2.05, 4.69) is 34.5 Å². The summed E-state index contributed by atoms with van der Waals surface area (Å²) >= 11 is 0. The molecule has 2 aliphatic rings. The van der Waals surface area contributed by atoms with Crippen molar-refractivity contribution in [3.8, 4) is 5.75 Å². The number of ether oxygens (including phenoxy) is 1. The summed E-state index contributed by atoms with van der Waals surface area (Å²) in [5, 5.41) is 15.0. The van der Waals surface area contributed by atoms with Crippen LogP contribution in [0.1, 0.15) is 73.2 Å². The molecular formula is C25H30N6O4. The van der Waals surface area contributed by atoms with E-state index in [-0.39, 0.29) is 29.7 Å². The van der Waals surface area contributed by atoms with E-state index in [4.69, 9.17) is 4.74 Å². The number of benzene rings is 1. The molecule has 10 heteroatoms. The SMILES string of the molecule is CC(C)c1cc(C(=O)N2CCC(Oc3cccc4c(C5CCC(=O)NC5=O)nn(C)c34)CC2)n[nH]1. The van der Waals surface area contributed by atoms with Crippen LogP contribution < -0.4 is 10.1 Å². The first-order valence-corrected chi connectivity index (χ1v) is 12.1. The molecule has 1 aromatic carbocycles. The van der Waals surface area contributed by atoms with Crippen molar-refractivity contribution >= 4 is 28.6 Å². The normalized spacial score (nSPS) is 19.4. The highest BCUT2D eigenvalue weighted by molar-refractivity contribution is 6.03. The van der Waals surface area contributed by atoms with Crippen molar-refractivity contribution < 1.29 is 19.1 Å². The van der Waals surface area contributed by atoms with Crippen molar-refractivity contribution in [2.45, 2.75) is 57.5 Å². The molecule has 2 N–H and O–H groups in total. The topological polar surface area (TPSA) is 122 Å². The summed E-state index contributed by atoms with van der Waals surface area (Å²) in [5.41, 5.74) is 2.89. The monoisotopic (exact) mass is 478 g/mol. The van der Waals surface area contributed by atoms with Gasteiger partial charge in [-0.05, 0) is 24.5 Å². The van der Waals surface area contributed by atoms with Crippen molar-refractivity contribution in [1.29, 1.82) is 0 Å². The first-order valence-electron chi connectivity index (χ1n) is 12.1. The van der Waals surface area contributed by atoms with Gasteiger partial charge in [0.1, 0.15) is 23.1 Å². The number of aromatic amines is 1. The van der Waals surface area contributed by atoms with E-state index in [1.54, 1.807) is 4.68 Å². The molecule has 10 nitrogen and oxygen atoms in total. The Labute approximate surface area is 203 Å². The molecule has 1 atom stereocenters. The number of imide groups is 1. The third kappa shape index (κ3) is 4.40. The van der Waals surface area contributed by atoms with Gasteiger partial charge in [-0.3, -0.25) is 29.5 Å². The molecule has 35 heavy (non-hydrogen) atoms. The summed E-state index contributed by atoms with van der Waals surface area (Å²) in [6, 6.07) is 7.58. The predicted molar refractivity (Wildman–Crippen MR) is 128 cm³/mol. The van der Waals surface area contributed by atoms with Crippen molar-refractivity contribution in [1.82, 2.24) is 30.2 Å². The largest absolute Gasteiger partial charge is 0.488 e. The number of aryl methyl sites for hydroxylation is 1. The maximum absolute atomic E-state index is 12.9. The number of fused-ring (bicyclic) bond motifs is 1. The molecule has 5 rings (SSSR count). The molecule has 0 aliphatic carbocycles. The Morgan fingerprint density at radius 1 is 1.17 bits per heavy atom. The minimum Gasteiger partial charge on any atom is -0.488 e. The van der Waals surface area contributed by atoms with Crippen LogP contribution >= 0.6 is 0 Å². The number of nitrogens with zero attached hydrogens (tertiary/aromatic N) is 4. The number of carbonyl (C=O) groups excluding carboxylic acids is 3. The van der Waals surface area contributed by atoms with E-state index in [9.17, 15) is 14.4 Å². The average Bonchev–Trinajstić information content (AvgIpc) is 3.45. The number of amides is 3. The summed E-state index contributed by atoms with van der Waals surface area (Å²) in [7, 11) is 1.83. The van der Waals surface area contributed by atoms with Gasteiger partial charge in [0.25, 0.3) is 5.91 Å². The van der Waals surface area contributed by atoms with Crippen molar-refractivity contribution in [3.05, 3.63) is 41.3 Å². The fourth-order valence-electron chi connectivity index (χ4n) is 4.90. The Hall–Kier alpha value is -3.69. The van der Waals surface area contributed by atoms with Gasteiger partial charge in [0, 0.05) is 50.5 Å². The van der Waals surface area contributed by atoms with Crippen molar-refractivity contribution in [2.24, 2.45) is 7.05 Å². The molecule has 4 heterocycles. The molecule has 0 saturated carbocycles. The summed E-state index contributed by atoms with van der Waals surface area (Å²) in [4.78, 5) is 38.7. The molecule has 3 aromatic rings. The number of para-hydroxylation sites is 1. The van der Waals surface area contributed by atoms with Gasteiger partial charge >= 0.3 is 0 Å². The molecule has 2 saturated heterocycles. The quantitative estimate of drug-likeness (QED) is 0.544. The molecular weight excluding hydrogens is 448 g/mol. The standard InChI is InChI=1S/C25H30N6O4/c1-14(2)18-13-19(28-27-18)25(34)31-11-9-15(10-12-31)35-20-6-4-5-16-22(29-30(3)23(16)20)17-7-8-21(32)26-24(17)33/h4-6,13-15,17H,7-12H2,1-3H3,(H,27,28)(H,26,32,33). The van der Waals surface area contributed by atoms with Gasteiger partial charge in [-0.25, -0.2) is 0 Å². The zero-order chi connectivity index (χ0) is 24.7. The Morgan fingerprint density at radius 3 is 2.63 bits per heavy atom. The summed E-state index contributed by atoms with van der Waals surface area (Å²) in [6.45, 7) is 5.30. The van der Waals surface area contributed by atoms with Gasteiger partial charge in [0.15, 0.2) is 0 Å². The lowest BCUT2D eigenvalue weighted by Crippen LogP contribution is -2.42. The maximum atomic E-state index is 12.9. The van der Waals surface area contributed by atoms with Crippen LogP contribution in [-0.2, 0) is 16.6 Å². The lowest BCUT2D eigenvalue weighted by molar-refractivity contribution is -0.134. The van der Waals surface area contributed by atoms with Crippen molar-refractivity contribution in [3.63, 3.8) is 0 Å². The smallest absolute Gasteiger partial charge is 0.274 e. The molecule has 0 bridgehead atoms. The molecule has 2 fully saturated rings. The lowest BCUT2D eigenvalue weighted by Gasteiger charge is -2.32. The van der Waals surface area contributed by atoms with Gasteiger partial charge in [-0.15, -0.1) is 0 Å². The van der Waals surface area contributed by atoms with E-state index >= 15 is 0 Å². The maximum Gasteiger partial charge on any atom is 0.274 e. The van der Waals surface area contributed by atoms with E-state index < -0.39 is 5.92 Å². The number of H-pyrrole nitrogens is 1. The number of aromatic nitrogens is 4. The van der Waals surface area contributed by atoms with E-state index in [1.807, 2.05) is 36.2 Å². The van der Waals surface area contributed by atoms with Crippen LogP contribution in [0.25, 0.3) is 10.9 Å². The zero-order valence-corrected chi connectivity index (χ0v) is 20.2. The Balaban J connectivity index is 1.28. The van der Waals surface area contributed by atoms with Crippen LogP contribution in [0.5, 0.6) is 5.75 Å². The highest BCUT2D eigenvalue weighted by atomic mass is 16.5. The second-order valence-corrected chi connectivity index (χ2v) is 9.64. The number of nitrogens with one attached hydrogen (secondary N) is 2. The number of hydrogen-bond donors (Lipinski definition) is 2. The summed E-state index contributed by atoms with van der Waals surface area (Å²) in [5.74, 6) is -0.0773. The highest BCUT2D eigenvalue weighted by Crippen LogP contribution is 2.35. The van der Waals surface area contributed by atoms with Gasteiger partial charge in [-0.1, -0.05) is 26.0 Å². The van der Waals surface area contributed by atoms with E-state index in [0.717, 1.165) is 16.6 Å². The Morgan fingerprint density at radius 2 is 1.94 bits per heavy atom. The van der Waals surface area contributed by atoms with Crippen LogP contribution in [-0.4, -0.2) is 61.8 Å². The van der Waals surface area contributed by atoms with Crippen molar-refractivity contribution in [2.75, 3.05) is 13.1 Å². The lowest BCUT2D eigenvalue weighted by atomic mass is 9.93. The fourth-order valence-corrected chi connectivity index (χ4v) is 4.90.